The summed E-state index contributed by atoms with van der Waals surface area (Å²) in [5.74, 6) is 2.32. The zero-order valence-electron chi connectivity index (χ0n) is 52.9. The Morgan fingerprint density at radius 3 is 1.24 bits per heavy atom. The summed E-state index contributed by atoms with van der Waals surface area (Å²) < 4.78 is 25.1. The summed E-state index contributed by atoms with van der Waals surface area (Å²) in [6.07, 6.45) is 1.76. The maximum atomic E-state index is 11.3. The lowest BCUT2D eigenvalue weighted by Gasteiger charge is -2.14. The summed E-state index contributed by atoms with van der Waals surface area (Å²) in [6, 6.07) is 47.1. The number of methoxy groups -OCH3 is 3. The average Bonchev–Trinajstić information content (AvgIpc) is 1.63. The van der Waals surface area contributed by atoms with Gasteiger partial charge in [-0.05, 0) is 110 Å². The predicted molar refractivity (Wildman–Crippen MR) is 387 cm³/mol. The lowest BCUT2D eigenvalue weighted by molar-refractivity contribution is 0.0992. The second kappa shape index (κ2) is 29.3. The van der Waals surface area contributed by atoms with Gasteiger partial charge in [0.1, 0.15) is 0 Å². The van der Waals surface area contributed by atoms with E-state index in [9.17, 15) is 14.4 Å². The summed E-state index contributed by atoms with van der Waals surface area (Å²) in [4.78, 5) is 69.2. The van der Waals surface area contributed by atoms with E-state index in [1.165, 1.54) is 59.4 Å². The number of benzene rings is 7. The third-order valence-electron chi connectivity index (χ3n) is 13.9. The largest absolute Gasteiger partial charge is 0.493 e. The van der Waals surface area contributed by atoms with Crippen LogP contribution in [0.25, 0.3) is 51.2 Å². The van der Waals surface area contributed by atoms with Gasteiger partial charge in [0.05, 0.1) is 52.0 Å². The summed E-state index contributed by atoms with van der Waals surface area (Å²) in [5, 5.41) is 32.1. The first-order valence-electron chi connectivity index (χ1n) is 29.3. The number of aromatic nitrogens is 16. The number of para-hydroxylation sites is 3. The highest BCUT2D eigenvalue weighted by Crippen LogP contribution is 2.41. The van der Waals surface area contributed by atoms with Crippen molar-refractivity contribution in [3.05, 3.63) is 185 Å². The third kappa shape index (κ3) is 15.3. The van der Waals surface area contributed by atoms with Gasteiger partial charge in [0.2, 0.25) is 91.6 Å². The smallest absolute Gasteiger partial charge is 0.248 e. The number of ether oxygens (including phenoxy) is 3. The molecular weight excluding hydrogens is 1360 g/mol. The number of fused-ring (bicyclic) bond motifs is 3. The second-order valence-electron chi connectivity index (χ2n) is 20.7. The lowest BCUT2D eigenvalue weighted by Crippen LogP contribution is -2.10. The van der Waals surface area contributed by atoms with E-state index in [4.69, 9.17) is 54.3 Å². The Kier molecular flexibility index (Phi) is 19.5. The molecule has 15 aromatic rings. The molecule has 18 N–H and O–H groups in total. The molecule has 8 heterocycles. The third-order valence-corrected chi connectivity index (χ3v) is 17.8. The quantitative estimate of drug-likeness (QED) is 0.0381. The molecule has 15 rings (SSSR count). The van der Waals surface area contributed by atoms with Gasteiger partial charge >= 0.3 is 0 Å². The van der Waals surface area contributed by atoms with E-state index >= 15 is 0 Å². The van der Waals surface area contributed by atoms with Crippen LogP contribution in [0.1, 0.15) is 36.0 Å². The van der Waals surface area contributed by atoms with Crippen molar-refractivity contribution in [2.24, 2.45) is 17.2 Å². The van der Waals surface area contributed by atoms with Crippen LogP contribution in [0.2, 0.25) is 0 Å². The molecule has 3 amide bonds. The second-order valence-corrected chi connectivity index (χ2v) is 25.0. The minimum absolute atomic E-state index is 0.135. The van der Waals surface area contributed by atoms with E-state index in [0.717, 1.165) is 41.2 Å². The number of primary amides is 3. The molecule has 100 heavy (non-hydrogen) atoms. The Morgan fingerprint density at radius 1 is 0.400 bits per heavy atom. The molecule has 0 aliphatic carbocycles. The molecule has 504 valence electrons. The van der Waals surface area contributed by atoms with Crippen LogP contribution in [0, 0.1) is 6.92 Å². The zero-order valence-corrected chi connectivity index (χ0v) is 56.1. The first kappa shape index (κ1) is 66.6. The van der Waals surface area contributed by atoms with Gasteiger partial charge in [-0.1, -0.05) is 76.5 Å². The number of amides is 3. The summed E-state index contributed by atoms with van der Waals surface area (Å²) in [5.41, 5.74) is 46.0. The molecule has 0 bridgehead atoms. The van der Waals surface area contributed by atoms with Crippen molar-refractivity contribution >= 4 is 164 Å². The van der Waals surface area contributed by atoms with Crippen LogP contribution in [0.15, 0.2) is 164 Å². The fraction of sp³-hybridized carbons (Fsp3) is 0.0635. The highest BCUT2D eigenvalue weighted by molar-refractivity contribution is 7.21. The fourth-order valence-corrected chi connectivity index (χ4v) is 12.7. The van der Waals surface area contributed by atoms with E-state index in [0.29, 0.717) is 95.3 Å². The van der Waals surface area contributed by atoms with Crippen LogP contribution in [-0.4, -0.2) is 118 Å². The van der Waals surface area contributed by atoms with E-state index in [-0.39, 0.29) is 23.8 Å². The molecule has 37 heteroatoms. The number of nitrogen functional groups attached to an aromatic ring is 4. The van der Waals surface area contributed by atoms with Gasteiger partial charge in [-0.25, -0.2) is 19.9 Å². The van der Waals surface area contributed by atoms with Crippen LogP contribution >= 0.6 is 45.3 Å². The van der Waals surface area contributed by atoms with E-state index < -0.39 is 17.7 Å². The molecule has 0 radical (unpaired) electrons. The molecule has 0 saturated carbocycles. The van der Waals surface area contributed by atoms with Gasteiger partial charge in [0.25, 0.3) is 0 Å². The summed E-state index contributed by atoms with van der Waals surface area (Å²) in [7, 11) is 4.65. The predicted octanol–water partition coefficient (Wildman–Crippen LogP) is 9.29. The standard InChI is InChI=1S/3C16H13N7OS.C15H18N6O3S/c17-13(24)9-4-3-5-10(8-9)19-15-21-14(18)23(22-15)16-20-11-6-1-2-7-12(11)25-16;17-13(24)9-5-7-10(8-6-9)19-15-21-14(18)23(22-15)16-20-11-3-1-2-4-12(11)25-16;17-13(24)9-5-7-10(8-6-9)19-15-21-14(18)22-23(15)16-20-11-3-1-2-4-12(11)25-16;1-8-7-17-15(25-8)21-13(16)19-14(20-21)18-9-5-10(22-2)12(24-4)11(6-9)23-3/h3*1-8H,(H2,17,24)(H3,18,19,21,22);5-7H,1-4H3,(H3,16,18,19,20). The maximum Gasteiger partial charge on any atom is 0.248 e. The van der Waals surface area contributed by atoms with Gasteiger partial charge in [0, 0.05) is 62.6 Å². The molecule has 0 aliphatic heterocycles. The Labute approximate surface area is 581 Å². The normalized spacial score (nSPS) is 10.8. The maximum absolute atomic E-state index is 11.3. The Bertz CT molecular complexity index is 5320. The number of nitrogens with zero attached hydrogens (tertiary/aromatic N) is 16. The van der Waals surface area contributed by atoms with Crippen molar-refractivity contribution in [2.75, 3.05) is 65.5 Å². The van der Waals surface area contributed by atoms with Gasteiger partial charge in [0.15, 0.2) is 11.5 Å². The lowest BCUT2D eigenvalue weighted by atomic mass is 10.2. The molecule has 33 nitrogen and oxygen atoms in total. The number of aryl methyl sites for hydroxylation is 1. The molecule has 0 saturated heterocycles. The number of rotatable bonds is 18. The number of nitrogens with two attached hydrogens (primary N) is 7. The Hall–Kier alpha value is -13.4. The van der Waals surface area contributed by atoms with Gasteiger partial charge in [-0.15, -0.1) is 31.7 Å². The van der Waals surface area contributed by atoms with Crippen molar-refractivity contribution in [2.45, 2.75) is 6.92 Å². The number of hydrogen-bond donors (Lipinski definition) is 11. The number of nitrogens with one attached hydrogen (secondary N) is 4. The van der Waals surface area contributed by atoms with Gasteiger partial charge in [-0.3, -0.25) is 14.4 Å². The minimum Gasteiger partial charge on any atom is -0.493 e. The van der Waals surface area contributed by atoms with Crippen LogP contribution < -0.4 is 75.6 Å². The molecule has 0 aliphatic rings. The van der Waals surface area contributed by atoms with Crippen LogP contribution in [0.4, 0.5) is 70.3 Å². The Balaban J connectivity index is 0.000000126. The molecule has 0 spiro atoms. The van der Waals surface area contributed by atoms with Crippen molar-refractivity contribution in [1.82, 2.24) is 79.0 Å². The topological polar surface area (TPSA) is 484 Å². The molecule has 0 unspecified atom stereocenters. The highest BCUT2D eigenvalue weighted by Gasteiger charge is 2.20. The van der Waals surface area contributed by atoms with E-state index in [2.05, 4.69) is 81.5 Å². The molecule has 7 aromatic carbocycles. The summed E-state index contributed by atoms with van der Waals surface area (Å²) >= 11 is 5.91. The van der Waals surface area contributed by atoms with Crippen molar-refractivity contribution in [3.63, 3.8) is 0 Å². The minimum atomic E-state index is -0.504. The number of carbonyl (C=O) groups is 3. The number of thiazole rings is 4. The van der Waals surface area contributed by atoms with Crippen LogP contribution in [0.5, 0.6) is 17.2 Å². The monoisotopic (exact) mass is 1420 g/mol. The zero-order chi connectivity index (χ0) is 70.1. The Morgan fingerprint density at radius 2 is 0.820 bits per heavy atom. The fourth-order valence-electron chi connectivity index (χ4n) is 9.24. The van der Waals surface area contributed by atoms with Crippen molar-refractivity contribution < 1.29 is 28.6 Å². The number of hydrogen-bond acceptors (Lipinski definition) is 30. The van der Waals surface area contributed by atoms with Crippen molar-refractivity contribution in [3.8, 4) is 37.8 Å². The molecule has 8 aromatic heterocycles. The summed E-state index contributed by atoms with van der Waals surface area (Å²) in [6.45, 7) is 1.96. The van der Waals surface area contributed by atoms with E-state index in [1.54, 1.807) is 117 Å². The van der Waals surface area contributed by atoms with Gasteiger partial charge < -0.3 is 75.6 Å². The van der Waals surface area contributed by atoms with Crippen LogP contribution in [0.3, 0.4) is 0 Å². The SMILES string of the molecule is COc1cc(Nc2nc(N)n(-c3ncc(C)s3)n2)cc(OC)c1OC.NC(=O)c1ccc(Nc2nc(N)n(-c3nc4ccccc4s3)n2)cc1.NC(=O)c1ccc(Nc2nc(N)nn2-c2nc3ccccc3s2)cc1.NC(=O)c1cccc(Nc2nc(N)n(-c3nc4ccccc4s3)n2)c1. The first-order chi connectivity index (χ1) is 48.3. The highest BCUT2D eigenvalue weighted by atomic mass is 32.1. The first-order valence-corrected chi connectivity index (χ1v) is 32.6. The van der Waals surface area contributed by atoms with Crippen molar-refractivity contribution in [1.29, 1.82) is 0 Å². The number of carbonyl (C=O) groups excluding carboxylic acids is 3. The van der Waals surface area contributed by atoms with Gasteiger partial charge in [-0.2, -0.15) is 38.7 Å². The average molecular weight is 1420 g/mol. The van der Waals surface area contributed by atoms with E-state index in [1.807, 2.05) is 79.7 Å². The molecular formula is C63H57N27O6S4. The number of anilines is 12. The molecule has 0 fully saturated rings. The molecule has 0 atom stereocenters. The van der Waals surface area contributed by atoms with Crippen LogP contribution in [-0.2, 0) is 0 Å².